The maximum atomic E-state index is 13.6. The highest BCUT2D eigenvalue weighted by molar-refractivity contribution is 6.51. The zero-order chi connectivity index (χ0) is 27.6. The van der Waals surface area contributed by atoms with Gasteiger partial charge in [-0.3, -0.25) is 14.5 Å². The number of benzene rings is 3. The van der Waals surface area contributed by atoms with Gasteiger partial charge in [0.1, 0.15) is 22.8 Å². The van der Waals surface area contributed by atoms with Crippen molar-refractivity contribution in [3.63, 3.8) is 0 Å². The van der Waals surface area contributed by atoms with Crippen LogP contribution in [0.5, 0.6) is 23.0 Å². The van der Waals surface area contributed by atoms with Gasteiger partial charge in [0.05, 0.1) is 40.1 Å². The minimum atomic E-state index is -0.945. The van der Waals surface area contributed by atoms with E-state index in [9.17, 15) is 14.7 Å². The number of ether oxygens (including phenoxy) is 4. The second kappa shape index (κ2) is 10.8. The van der Waals surface area contributed by atoms with Gasteiger partial charge in [-0.05, 0) is 42.0 Å². The fourth-order valence-electron chi connectivity index (χ4n) is 4.56. The van der Waals surface area contributed by atoms with Crippen molar-refractivity contribution in [1.29, 1.82) is 0 Å². The van der Waals surface area contributed by atoms with Gasteiger partial charge in [0.15, 0.2) is 11.5 Å². The molecule has 1 amide bonds. The summed E-state index contributed by atoms with van der Waals surface area (Å²) in [6.45, 7) is 0. The molecule has 4 rings (SSSR count). The average molecular weight is 519 g/mol. The second-order valence-electron chi connectivity index (χ2n) is 8.73. The van der Waals surface area contributed by atoms with E-state index in [0.717, 1.165) is 5.69 Å². The number of amides is 1. The van der Waals surface area contributed by atoms with Crippen molar-refractivity contribution in [2.75, 3.05) is 52.3 Å². The molecule has 0 bridgehead atoms. The average Bonchev–Trinajstić information content (AvgIpc) is 3.21. The summed E-state index contributed by atoms with van der Waals surface area (Å²) in [6, 6.07) is 16.4. The van der Waals surface area contributed by atoms with E-state index in [0.29, 0.717) is 34.2 Å². The summed E-state index contributed by atoms with van der Waals surface area (Å²) in [4.78, 5) is 30.4. The van der Waals surface area contributed by atoms with Crippen LogP contribution in [-0.2, 0) is 9.59 Å². The third-order valence-electron chi connectivity index (χ3n) is 6.48. The van der Waals surface area contributed by atoms with Crippen LogP contribution in [0.2, 0.25) is 0 Å². The molecule has 38 heavy (non-hydrogen) atoms. The Morgan fingerprint density at radius 1 is 0.789 bits per heavy atom. The molecule has 3 aromatic carbocycles. The molecule has 1 atom stereocenters. The summed E-state index contributed by atoms with van der Waals surface area (Å²) in [7, 11) is 9.73. The number of methoxy groups -OCH3 is 4. The van der Waals surface area contributed by atoms with Crippen molar-refractivity contribution in [2.24, 2.45) is 0 Å². The lowest BCUT2D eigenvalue weighted by Crippen LogP contribution is -2.29. The second-order valence-corrected chi connectivity index (χ2v) is 8.73. The predicted molar refractivity (Wildman–Crippen MR) is 145 cm³/mol. The molecule has 9 heteroatoms. The number of nitrogens with zero attached hydrogens (tertiary/aromatic N) is 2. The van der Waals surface area contributed by atoms with Crippen molar-refractivity contribution < 1.29 is 33.6 Å². The molecule has 0 spiro atoms. The topological polar surface area (TPSA) is 97.8 Å². The van der Waals surface area contributed by atoms with E-state index >= 15 is 0 Å². The van der Waals surface area contributed by atoms with Gasteiger partial charge in [-0.25, -0.2) is 0 Å². The highest BCUT2D eigenvalue weighted by Gasteiger charge is 2.47. The monoisotopic (exact) mass is 518 g/mol. The third kappa shape index (κ3) is 4.47. The number of carbonyl (C=O) groups excluding carboxylic acids is 2. The Balaban J connectivity index is 2.00. The van der Waals surface area contributed by atoms with Crippen molar-refractivity contribution in [3.05, 3.63) is 77.4 Å². The third-order valence-corrected chi connectivity index (χ3v) is 6.48. The fraction of sp³-hybridized carbons (Fsp3) is 0.241. The Morgan fingerprint density at radius 3 is 1.89 bits per heavy atom. The van der Waals surface area contributed by atoms with Crippen LogP contribution in [0.25, 0.3) is 5.76 Å². The first-order valence-corrected chi connectivity index (χ1v) is 11.8. The molecule has 3 aromatic rings. The molecule has 198 valence electrons. The highest BCUT2D eigenvalue weighted by Crippen LogP contribution is 2.46. The number of hydrogen-bond donors (Lipinski definition) is 1. The molecular formula is C29H30N2O7. The summed E-state index contributed by atoms with van der Waals surface area (Å²) < 4.78 is 21.7. The van der Waals surface area contributed by atoms with Gasteiger partial charge in [-0.2, -0.15) is 0 Å². The van der Waals surface area contributed by atoms with Gasteiger partial charge < -0.3 is 29.0 Å². The number of Topliss-reactive ketones (excluding diaryl/α,β-unsaturated/α-hetero) is 1. The zero-order valence-corrected chi connectivity index (χ0v) is 22.1. The summed E-state index contributed by atoms with van der Waals surface area (Å²) in [5.74, 6) is -0.594. The first kappa shape index (κ1) is 26.4. The SMILES string of the molecule is COc1ccc(N2C(=O)C(=O)/C(=C(/O)c3c(OC)cccc3OC)C2c2ccc(N(C)C)cc2)cc1OC. The van der Waals surface area contributed by atoms with Gasteiger partial charge >= 0.3 is 0 Å². The van der Waals surface area contributed by atoms with Crippen molar-refractivity contribution in [1.82, 2.24) is 0 Å². The van der Waals surface area contributed by atoms with Crippen molar-refractivity contribution in [3.8, 4) is 23.0 Å². The molecule has 0 aromatic heterocycles. The molecule has 0 saturated carbocycles. The number of anilines is 2. The van der Waals surface area contributed by atoms with E-state index in [-0.39, 0.29) is 11.1 Å². The van der Waals surface area contributed by atoms with Crippen LogP contribution in [0.4, 0.5) is 11.4 Å². The van der Waals surface area contributed by atoms with Crippen LogP contribution in [0.3, 0.4) is 0 Å². The fourth-order valence-corrected chi connectivity index (χ4v) is 4.56. The van der Waals surface area contributed by atoms with Gasteiger partial charge in [0, 0.05) is 31.5 Å². The Bertz CT molecular complexity index is 1370. The van der Waals surface area contributed by atoms with E-state index in [2.05, 4.69) is 0 Å². The Morgan fingerprint density at radius 2 is 1.37 bits per heavy atom. The summed E-state index contributed by atoms with van der Waals surface area (Å²) in [5, 5.41) is 11.6. The van der Waals surface area contributed by atoms with E-state index in [1.54, 1.807) is 36.4 Å². The van der Waals surface area contributed by atoms with E-state index < -0.39 is 23.5 Å². The molecule has 1 heterocycles. The molecule has 1 saturated heterocycles. The minimum Gasteiger partial charge on any atom is -0.506 e. The zero-order valence-electron chi connectivity index (χ0n) is 22.1. The van der Waals surface area contributed by atoms with Crippen LogP contribution >= 0.6 is 0 Å². The highest BCUT2D eigenvalue weighted by atomic mass is 16.5. The quantitative estimate of drug-likeness (QED) is 0.266. The Kier molecular flexibility index (Phi) is 7.47. The van der Waals surface area contributed by atoms with Crippen LogP contribution in [0.15, 0.2) is 66.2 Å². The number of rotatable bonds is 8. The molecule has 0 radical (unpaired) electrons. The molecule has 1 aliphatic heterocycles. The maximum absolute atomic E-state index is 13.6. The van der Waals surface area contributed by atoms with Crippen molar-refractivity contribution in [2.45, 2.75) is 6.04 Å². The molecule has 1 unspecified atom stereocenters. The molecule has 9 nitrogen and oxygen atoms in total. The van der Waals surface area contributed by atoms with Crippen LogP contribution in [-0.4, -0.2) is 59.3 Å². The number of aliphatic hydroxyl groups is 1. The van der Waals surface area contributed by atoms with Gasteiger partial charge in [0.2, 0.25) is 0 Å². The standard InChI is InChI=1S/C29H30N2O7/c1-30(2)18-12-10-17(11-13-18)26-25(27(32)24-21(36-4)8-7-9-22(24)37-5)28(33)29(34)31(26)19-14-15-20(35-3)23(16-19)38-6/h7-16,26,32H,1-6H3/b27-25+. The molecule has 1 aliphatic rings. The summed E-state index contributed by atoms with van der Waals surface area (Å²) >= 11 is 0. The van der Waals surface area contributed by atoms with Crippen LogP contribution < -0.4 is 28.7 Å². The molecule has 1 N–H and O–H groups in total. The van der Waals surface area contributed by atoms with Crippen molar-refractivity contribution >= 4 is 28.8 Å². The lowest BCUT2D eigenvalue weighted by Gasteiger charge is -2.27. The molecular weight excluding hydrogens is 488 g/mol. The van der Waals surface area contributed by atoms with E-state index in [1.165, 1.54) is 33.3 Å². The number of ketones is 1. The number of aliphatic hydroxyl groups excluding tert-OH is 1. The normalized spacial score (nSPS) is 16.4. The van der Waals surface area contributed by atoms with E-state index in [4.69, 9.17) is 18.9 Å². The molecule has 0 aliphatic carbocycles. The maximum Gasteiger partial charge on any atom is 0.300 e. The number of carbonyl (C=O) groups is 2. The van der Waals surface area contributed by atoms with E-state index in [1.807, 2.05) is 43.3 Å². The molecule has 1 fully saturated rings. The van der Waals surface area contributed by atoms with Gasteiger partial charge in [-0.15, -0.1) is 0 Å². The first-order valence-electron chi connectivity index (χ1n) is 11.8. The number of hydrogen-bond acceptors (Lipinski definition) is 8. The largest absolute Gasteiger partial charge is 0.506 e. The van der Waals surface area contributed by atoms with Crippen LogP contribution in [0, 0.1) is 0 Å². The minimum absolute atomic E-state index is 0.0924. The smallest absolute Gasteiger partial charge is 0.300 e. The first-order chi connectivity index (χ1) is 18.3. The van der Waals surface area contributed by atoms with Crippen LogP contribution in [0.1, 0.15) is 17.2 Å². The summed E-state index contributed by atoms with van der Waals surface area (Å²) in [5.41, 5.74) is 2.05. The lowest BCUT2D eigenvalue weighted by atomic mass is 9.94. The predicted octanol–water partition coefficient (Wildman–Crippen LogP) is 4.41. The summed E-state index contributed by atoms with van der Waals surface area (Å²) in [6.07, 6.45) is 0. The van der Waals surface area contributed by atoms with Gasteiger partial charge in [-0.1, -0.05) is 18.2 Å². The van der Waals surface area contributed by atoms with Gasteiger partial charge in [0.25, 0.3) is 11.7 Å². The Hall–Kier alpha value is -4.66. The lowest BCUT2D eigenvalue weighted by molar-refractivity contribution is -0.132. The Labute approximate surface area is 221 Å².